The summed E-state index contributed by atoms with van der Waals surface area (Å²) >= 11 is 0. The van der Waals surface area contributed by atoms with E-state index in [1.54, 1.807) is 0 Å². The highest BCUT2D eigenvalue weighted by Gasteiger charge is 2.52. The largest absolute Gasteiger partial charge is 0.494 e. The van der Waals surface area contributed by atoms with E-state index in [1.165, 1.54) is 0 Å². The van der Waals surface area contributed by atoms with E-state index in [1.807, 2.05) is 36.4 Å². The Balaban J connectivity index is 1.36. The van der Waals surface area contributed by atoms with Crippen molar-refractivity contribution < 1.29 is 23.5 Å². The van der Waals surface area contributed by atoms with Gasteiger partial charge in [-0.05, 0) is 79.7 Å². The second-order valence-corrected chi connectivity index (χ2v) is 13.3. The van der Waals surface area contributed by atoms with Crippen LogP contribution in [0.2, 0.25) is 0 Å². The van der Waals surface area contributed by atoms with Crippen LogP contribution < -0.4 is 5.46 Å². The molecule has 2 heterocycles. The molecule has 228 valence electrons. The van der Waals surface area contributed by atoms with Gasteiger partial charge in [0.15, 0.2) is 0 Å². The minimum Gasteiger partial charge on any atom is -0.399 e. The highest BCUT2D eigenvalue weighted by molar-refractivity contribution is 6.62. The minimum absolute atomic E-state index is 0.0821. The van der Waals surface area contributed by atoms with Gasteiger partial charge in [-0.15, -0.1) is 0 Å². The Morgan fingerprint density at radius 3 is 1.98 bits per heavy atom. The van der Waals surface area contributed by atoms with Gasteiger partial charge in [0.1, 0.15) is 6.10 Å². The van der Waals surface area contributed by atoms with E-state index in [0.717, 1.165) is 33.3 Å². The maximum absolute atomic E-state index is 6.87. The van der Waals surface area contributed by atoms with Gasteiger partial charge in [-0.3, -0.25) is 0 Å². The van der Waals surface area contributed by atoms with Gasteiger partial charge in [0.2, 0.25) is 0 Å². The normalized spacial score (nSPS) is 26.4. The summed E-state index contributed by atoms with van der Waals surface area (Å²) < 4.78 is 32.3. The molecule has 0 bridgehead atoms. The van der Waals surface area contributed by atoms with Crippen LogP contribution >= 0.6 is 0 Å². The Hall–Kier alpha value is -2.74. The molecule has 0 N–H and O–H groups in total. The molecule has 0 saturated carbocycles. The van der Waals surface area contributed by atoms with Crippen molar-refractivity contribution in [3.63, 3.8) is 0 Å². The van der Waals surface area contributed by atoms with Gasteiger partial charge in [-0.1, -0.05) is 99.3 Å². The SMILES string of the molecule is C=C(c1ccc(B2OC(C)(C)C(C)(C)O2)cc1C)[C@H]1OC(COCc2ccccc2)[C@@H](C)[C@H](C)C1OCc1ccccc1. The minimum atomic E-state index is -0.411. The molecular weight excluding hydrogens is 535 g/mol. The summed E-state index contributed by atoms with van der Waals surface area (Å²) in [6, 6.07) is 26.9. The zero-order chi connectivity index (χ0) is 30.8. The molecule has 0 radical (unpaired) electrons. The van der Waals surface area contributed by atoms with Gasteiger partial charge in [0.25, 0.3) is 0 Å². The molecule has 43 heavy (non-hydrogen) atoms. The third-order valence-electron chi connectivity index (χ3n) is 9.70. The van der Waals surface area contributed by atoms with Crippen molar-refractivity contribution in [1.82, 2.24) is 0 Å². The van der Waals surface area contributed by atoms with Gasteiger partial charge in [-0.2, -0.15) is 0 Å². The first-order chi connectivity index (χ1) is 20.5. The first-order valence-electron chi connectivity index (χ1n) is 15.5. The molecule has 6 heteroatoms. The molecular formula is C37H47BO5. The van der Waals surface area contributed by atoms with E-state index in [4.69, 9.17) is 23.5 Å². The molecule has 3 aromatic carbocycles. The van der Waals surface area contributed by atoms with Crippen molar-refractivity contribution >= 4 is 18.2 Å². The lowest BCUT2D eigenvalue weighted by atomic mass is 9.75. The molecule has 2 unspecified atom stereocenters. The Bertz CT molecular complexity index is 1350. The van der Waals surface area contributed by atoms with E-state index < -0.39 is 18.3 Å². The number of benzene rings is 3. The molecule has 2 aliphatic rings. The third-order valence-corrected chi connectivity index (χ3v) is 9.70. The average molecular weight is 583 g/mol. The van der Waals surface area contributed by atoms with Crippen LogP contribution in [0.3, 0.4) is 0 Å². The summed E-state index contributed by atoms with van der Waals surface area (Å²) in [6.45, 7) is 21.1. The first kappa shape index (κ1) is 31.7. The lowest BCUT2D eigenvalue weighted by Gasteiger charge is -2.45. The average Bonchev–Trinajstić information content (AvgIpc) is 3.21. The molecule has 0 aromatic heterocycles. The Morgan fingerprint density at radius 2 is 1.40 bits per heavy atom. The van der Waals surface area contributed by atoms with Crippen LogP contribution in [0.15, 0.2) is 85.4 Å². The van der Waals surface area contributed by atoms with Crippen LogP contribution in [0.1, 0.15) is 63.8 Å². The van der Waals surface area contributed by atoms with Gasteiger partial charge in [0.05, 0.1) is 43.2 Å². The summed E-state index contributed by atoms with van der Waals surface area (Å²) in [5.41, 5.74) is 5.60. The van der Waals surface area contributed by atoms with Crippen LogP contribution in [0, 0.1) is 18.8 Å². The van der Waals surface area contributed by atoms with Crippen LogP contribution in [0.25, 0.3) is 5.57 Å². The van der Waals surface area contributed by atoms with Crippen LogP contribution in [-0.4, -0.2) is 43.2 Å². The zero-order valence-electron chi connectivity index (χ0n) is 26.8. The second kappa shape index (κ2) is 13.1. The second-order valence-electron chi connectivity index (χ2n) is 13.3. The Labute approximate surface area is 258 Å². The lowest BCUT2D eigenvalue weighted by Crippen LogP contribution is -2.52. The summed E-state index contributed by atoms with van der Waals surface area (Å²) in [5.74, 6) is 0.473. The molecule has 2 aliphatic heterocycles. The van der Waals surface area contributed by atoms with Gasteiger partial charge >= 0.3 is 7.12 Å². The van der Waals surface area contributed by atoms with Crippen molar-refractivity contribution in [3.05, 3.63) is 108 Å². The number of hydrogen-bond acceptors (Lipinski definition) is 5. The van der Waals surface area contributed by atoms with E-state index in [0.29, 0.717) is 19.8 Å². The first-order valence-corrected chi connectivity index (χ1v) is 15.5. The fourth-order valence-corrected chi connectivity index (χ4v) is 5.97. The van der Waals surface area contributed by atoms with E-state index in [-0.39, 0.29) is 30.1 Å². The quantitative estimate of drug-likeness (QED) is 0.238. The predicted molar refractivity (Wildman–Crippen MR) is 174 cm³/mol. The predicted octanol–water partition coefficient (Wildman–Crippen LogP) is 7.15. The third kappa shape index (κ3) is 7.00. The van der Waals surface area contributed by atoms with E-state index in [9.17, 15) is 0 Å². The molecule has 5 nitrogen and oxygen atoms in total. The van der Waals surface area contributed by atoms with Gasteiger partial charge in [0, 0.05) is 0 Å². The molecule has 3 aromatic rings. The molecule has 2 saturated heterocycles. The summed E-state index contributed by atoms with van der Waals surface area (Å²) in [7, 11) is -0.411. The monoisotopic (exact) mass is 582 g/mol. The topological polar surface area (TPSA) is 46.2 Å². The number of aryl methyl sites for hydroxylation is 1. The smallest absolute Gasteiger partial charge is 0.399 e. The van der Waals surface area contributed by atoms with Gasteiger partial charge < -0.3 is 23.5 Å². The number of rotatable bonds is 10. The standard InChI is InChI=1S/C37H47BO5/c1-25-21-31(38-42-36(5,6)37(7,8)43-38)19-20-32(25)28(4)35-34(40-23-30-17-13-10-14-18-30)27(3)26(2)33(41-35)24-39-22-29-15-11-9-12-16-29/h9-21,26-27,33-35H,4,22-24H2,1-3,5-8H3/t26-,27-,33?,34?,35+/m0/s1. The maximum Gasteiger partial charge on any atom is 0.494 e. The van der Waals surface area contributed by atoms with Crippen molar-refractivity contribution in [1.29, 1.82) is 0 Å². The van der Waals surface area contributed by atoms with Crippen molar-refractivity contribution in [2.24, 2.45) is 11.8 Å². The maximum atomic E-state index is 6.87. The molecule has 5 atom stereocenters. The van der Waals surface area contributed by atoms with Crippen LogP contribution in [-0.2, 0) is 36.7 Å². The number of hydrogen-bond donors (Lipinski definition) is 0. The van der Waals surface area contributed by atoms with E-state index in [2.05, 4.69) is 97.5 Å². The van der Waals surface area contributed by atoms with Crippen molar-refractivity contribution in [2.75, 3.05) is 6.61 Å². The Morgan fingerprint density at radius 1 is 0.814 bits per heavy atom. The fraction of sp³-hybridized carbons (Fsp3) is 0.459. The van der Waals surface area contributed by atoms with Crippen molar-refractivity contribution in [3.8, 4) is 0 Å². The van der Waals surface area contributed by atoms with Crippen LogP contribution in [0.5, 0.6) is 0 Å². The highest BCUT2D eigenvalue weighted by atomic mass is 16.7. The van der Waals surface area contributed by atoms with Gasteiger partial charge in [-0.25, -0.2) is 0 Å². The molecule has 0 aliphatic carbocycles. The highest BCUT2D eigenvalue weighted by Crippen LogP contribution is 2.40. The van der Waals surface area contributed by atoms with Crippen LogP contribution in [0.4, 0.5) is 0 Å². The fourth-order valence-electron chi connectivity index (χ4n) is 5.97. The molecule has 0 spiro atoms. The summed E-state index contributed by atoms with van der Waals surface area (Å²) in [6.07, 6.45) is -0.557. The Kier molecular flexibility index (Phi) is 9.65. The van der Waals surface area contributed by atoms with E-state index >= 15 is 0 Å². The molecule has 5 rings (SSSR count). The summed E-state index contributed by atoms with van der Waals surface area (Å²) in [5, 5.41) is 0. The lowest BCUT2D eigenvalue weighted by molar-refractivity contribution is -0.185. The zero-order valence-corrected chi connectivity index (χ0v) is 26.8. The molecule has 2 fully saturated rings. The number of ether oxygens (including phenoxy) is 3. The van der Waals surface area contributed by atoms with Crippen molar-refractivity contribution in [2.45, 2.75) is 91.2 Å². The summed E-state index contributed by atoms with van der Waals surface area (Å²) in [4.78, 5) is 0. The molecule has 0 amide bonds.